The molecule has 1 unspecified atom stereocenters. The lowest BCUT2D eigenvalue weighted by molar-refractivity contribution is -0.118. The van der Waals surface area contributed by atoms with Gasteiger partial charge in [0.05, 0.1) is 17.5 Å². The number of thioether (sulfide) groups is 1. The Morgan fingerprint density at radius 3 is 2.57 bits per heavy atom. The molecule has 7 heteroatoms. The minimum absolute atomic E-state index is 0.00000884. The van der Waals surface area contributed by atoms with Crippen LogP contribution in [-0.4, -0.2) is 23.9 Å². The van der Waals surface area contributed by atoms with Crippen molar-refractivity contribution in [1.29, 1.82) is 0 Å². The van der Waals surface area contributed by atoms with Crippen molar-refractivity contribution in [1.82, 2.24) is 0 Å². The normalized spacial score (nSPS) is 14.6. The lowest BCUT2D eigenvalue weighted by Crippen LogP contribution is -2.40. The molecule has 0 aliphatic carbocycles. The van der Waals surface area contributed by atoms with E-state index >= 15 is 0 Å². The summed E-state index contributed by atoms with van der Waals surface area (Å²) in [6, 6.07) is 5.71. The lowest BCUT2D eigenvalue weighted by atomic mass is 9.99. The summed E-state index contributed by atoms with van der Waals surface area (Å²) < 4.78 is 36.9. The molecule has 1 aromatic rings. The van der Waals surface area contributed by atoms with Crippen LogP contribution in [0.25, 0.3) is 0 Å². The second-order valence-electron chi connectivity index (χ2n) is 4.80. The standard InChI is InChI=1S/C14H19F3N2OS/c1-3-9(2)12(18)13(20)19-10-6-4-5-7-11(10)21-8-14(15,16)17/h4-7,9,12H,3,8,18H2,1-2H3,(H,19,20)/t9?,12-/m0/s1. The Morgan fingerprint density at radius 1 is 1.38 bits per heavy atom. The molecule has 0 spiro atoms. The predicted octanol–water partition coefficient (Wildman–Crippen LogP) is 3.65. The number of hydrogen-bond donors (Lipinski definition) is 2. The molecule has 0 heterocycles. The molecule has 21 heavy (non-hydrogen) atoms. The predicted molar refractivity (Wildman–Crippen MR) is 79.3 cm³/mol. The number of benzene rings is 1. The lowest BCUT2D eigenvalue weighted by Gasteiger charge is -2.19. The van der Waals surface area contributed by atoms with Crippen LogP contribution in [0, 0.1) is 5.92 Å². The molecule has 1 aromatic carbocycles. The fraction of sp³-hybridized carbons (Fsp3) is 0.500. The second kappa shape index (κ2) is 7.70. The quantitative estimate of drug-likeness (QED) is 0.787. The van der Waals surface area contributed by atoms with Crippen molar-refractivity contribution in [2.24, 2.45) is 11.7 Å². The zero-order chi connectivity index (χ0) is 16.0. The molecule has 3 nitrogen and oxygen atoms in total. The Morgan fingerprint density at radius 2 is 2.00 bits per heavy atom. The van der Waals surface area contributed by atoms with Crippen LogP contribution >= 0.6 is 11.8 Å². The van der Waals surface area contributed by atoms with Gasteiger partial charge in [0.1, 0.15) is 0 Å². The van der Waals surface area contributed by atoms with Gasteiger partial charge in [0.25, 0.3) is 0 Å². The van der Waals surface area contributed by atoms with Gasteiger partial charge in [-0.15, -0.1) is 11.8 Å². The van der Waals surface area contributed by atoms with Gasteiger partial charge < -0.3 is 11.1 Å². The topological polar surface area (TPSA) is 55.1 Å². The number of carbonyl (C=O) groups excluding carboxylic acids is 1. The Bertz CT molecular complexity index is 480. The maximum atomic E-state index is 12.3. The highest BCUT2D eigenvalue weighted by Crippen LogP contribution is 2.32. The van der Waals surface area contributed by atoms with Gasteiger partial charge in [-0.05, 0) is 18.1 Å². The zero-order valence-corrected chi connectivity index (χ0v) is 12.7. The van der Waals surface area contributed by atoms with E-state index in [0.717, 1.165) is 6.42 Å². The molecule has 3 N–H and O–H groups in total. The Kier molecular flexibility index (Phi) is 6.54. The van der Waals surface area contributed by atoms with Crippen LogP contribution < -0.4 is 11.1 Å². The highest BCUT2D eigenvalue weighted by Gasteiger charge is 2.28. The van der Waals surface area contributed by atoms with Gasteiger partial charge in [-0.2, -0.15) is 13.2 Å². The number of para-hydroxylation sites is 1. The smallest absolute Gasteiger partial charge is 0.324 e. The molecule has 2 atom stereocenters. The fourth-order valence-electron chi connectivity index (χ4n) is 1.58. The van der Waals surface area contributed by atoms with E-state index in [1.54, 1.807) is 24.3 Å². The second-order valence-corrected chi connectivity index (χ2v) is 5.82. The molecule has 0 fully saturated rings. The number of nitrogens with one attached hydrogen (secondary N) is 1. The first-order valence-electron chi connectivity index (χ1n) is 6.59. The molecule has 0 aromatic heterocycles. The van der Waals surface area contributed by atoms with E-state index in [1.807, 2.05) is 13.8 Å². The van der Waals surface area contributed by atoms with Gasteiger partial charge in [0.2, 0.25) is 5.91 Å². The first-order chi connectivity index (χ1) is 9.74. The third-order valence-electron chi connectivity index (χ3n) is 3.10. The van der Waals surface area contributed by atoms with E-state index in [0.29, 0.717) is 22.3 Å². The third-order valence-corrected chi connectivity index (χ3v) is 4.23. The van der Waals surface area contributed by atoms with Crippen LogP contribution in [-0.2, 0) is 4.79 Å². The summed E-state index contributed by atoms with van der Waals surface area (Å²) in [5, 5.41) is 2.61. The van der Waals surface area contributed by atoms with Crippen molar-refractivity contribution in [2.75, 3.05) is 11.1 Å². The Hall–Kier alpha value is -1.21. The number of nitrogens with two attached hydrogens (primary N) is 1. The Balaban J connectivity index is 2.77. The first kappa shape index (κ1) is 17.8. The largest absolute Gasteiger partial charge is 0.398 e. The van der Waals surface area contributed by atoms with Gasteiger partial charge in [0.15, 0.2) is 0 Å². The maximum Gasteiger partial charge on any atom is 0.398 e. The van der Waals surface area contributed by atoms with Crippen molar-refractivity contribution < 1.29 is 18.0 Å². The average molecular weight is 320 g/mol. The molecule has 0 radical (unpaired) electrons. The number of amides is 1. The summed E-state index contributed by atoms with van der Waals surface area (Å²) >= 11 is 0.641. The first-order valence-corrected chi connectivity index (χ1v) is 7.58. The van der Waals surface area contributed by atoms with E-state index in [9.17, 15) is 18.0 Å². The molecule has 1 amide bonds. The highest BCUT2D eigenvalue weighted by atomic mass is 32.2. The summed E-state index contributed by atoms with van der Waals surface area (Å²) in [5.74, 6) is -1.39. The van der Waals surface area contributed by atoms with Crippen LogP contribution in [0.1, 0.15) is 20.3 Å². The summed E-state index contributed by atoms with van der Waals surface area (Å²) in [7, 11) is 0. The summed E-state index contributed by atoms with van der Waals surface area (Å²) in [6.07, 6.45) is -3.51. The average Bonchev–Trinajstić information content (AvgIpc) is 2.43. The van der Waals surface area contributed by atoms with Crippen LogP contribution in [0.3, 0.4) is 0 Å². The maximum absolute atomic E-state index is 12.3. The Labute approximate surface area is 126 Å². The molecule has 0 saturated carbocycles. The van der Waals surface area contributed by atoms with Gasteiger partial charge in [0, 0.05) is 4.90 Å². The van der Waals surface area contributed by atoms with Crippen molar-refractivity contribution in [3.8, 4) is 0 Å². The molecule has 0 aliphatic heterocycles. The fourth-order valence-corrected chi connectivity index (χ4v) is 2.35. The zero-order valence-electron chi connectivity index (χ0n) is 11.9. The van der Waals surface area contributed by atoms with Crippen molar-refractivity contribution in [3.05, 3.63) is 24.3 Å². The minimum atomic E-state index is -4.26. The van der Waals surface area contributed by atoms with E-state index in [1.165, 1.54) is 0 Å². The van der Waals surface area contributed by atoms with Gasteiger partial charge in [-0.25, -0.2) is 0 Å². The third kappa shape index (κ3) is 5.97. The van der Waals surface area contributed by atoms with Crippen LogP contribution in [0.15, 0.2) is 29.2 Å². The molecule has 1 rings (SSSR count). The summed E-state index contributed by atoms with van der Waals surface area (Å²) in [5.41, 5.74) is 6.17. The summed E-state index contributed by atoms with van der Waals surface area (Å²) in [6.45, 7) is 3.78. The number of carbonyl (C=O) groups is 1. The summed E-state index contributed by atoms with van der Waals surface area (Å²) in [4.78, 5) is 12.4. The van der Waals surface area contributed by atoms with Crippen LogP contribution in [0.2, 0.25) is 0 Å². The van der Waals surface area contributed by atoms with Crippen LogP contribution in [0.5, 0.6) is 0 Å². The monoisotopic (exact) mass is 320 g/mol. The van der Waals surface area contributed by atoms with E-state index in [2.05, 4.69) is 5.32 Å². The van der Waals surface area contributed by atoms with Gasteiger partial charge in [-0.3, -0.25) is 4.79 Å². The van der Waals surface area contributed by atoms with Gasteiger partial charge in [-0.1, -0.05) is 32.4 Å². The SMILES string of the molecule is CCC(C)[C@H](N)C(=O)Nc1ccccc1SCC(F)(F)F. The molecule has 118 valence electrons. The number of rotatable bonds is 6. The number of anilines is 1. The van der Waals surface area contributed by atoms with Crippen molar-refractivity contribution in [3.63, 3.8) is 0 Å². The molecule has 0 bridgehead atoms. The number of halogens is 3. The van der Waals surface area contributed by atoms with E-state index in [4.69, 9.17) is 5.73 Å². The highest BCUT2D eigenvalue weighted by molar-refractivity contribution is 7.99. The van der Waals surface area contributed by atoms with Crippen LogP contribution in [0.4, 0.5) is 18.9 Å². The molecule has 0 saturated heterocycles. The number of alkyl halides is 3. The van der Waals surface area contributed by atoms with Gasteiger partial charge >= 0.3 is 6.18 Å². The molecular formula is C14H19F3N2OS. The van der Waals surface area contributed by atoms with Crippen molar-refractivity contribution in [2.45, 2.75) is 37.4 Å². The minimum Gasteiger partial charge on any atom is -0.324 e. The van der Waals surface area contributed by atoms with E-state index < -0.39 is 18.0 Å². The van der Waals surface area contributed by atoms with Crippen molar-refractivity contribution >= 4 is 23.4 Å². The molecular weight excluding hydrogens is 301 g/mol. The molecule has 0 aliphatic rings. The number of hydrogen-bond acceptors (Lipinski definition) is 3. The van der Waals surface area contributed by atoms with E-state index in [-0.39, 0.29) is 11.8 Å².